The van der Waals surface area contributed by atoms with Crippen LogP contribution in [0, 0.1) is 11.8 Å². The lowest BCUT2D eigenvalue weighted by atomic mass is 9.58. The molecule has 0 spiro atoms. The smallest absolute Gasteiger partial charge is 0.255 e. The van der Waals surface area contributed by atoms with Crippen molar-refractivity contribution in [1.29, 1.82) is 0 Å². The summed E-state index contributed by atoms with van der Waals surface area (Å²) in [4.78, 5) is 45.3. The lowest BCUT2D eigenvalue weighted by Gasteiger charge is -2.50. The van der Waals surface area contributed by atoms with E-state index in [1.807, 2.05) is 26.0 Å². The van der Waals surface area contributed by atoms with Crippen molar-refractivity contribution in [3.8, 4) is 5.75 Å². The third kappa shape index (κ3) is 3.86. The molecule has 11 nitrogen and oxygen atoms in total. The molecule has 4 atom stereocenters. The van der Waals surface area contributed by atoms with Gasteiger partial charge in [-0.15, -0.1) is 0 Å². The van der Waals surface area contributed by atoms with Gasteiger partial charge in [0.05, 0.1) is 11.6 Å². The van der Waals surface area contributed by atoms with Gasteiger partial charge in [-0.1, -0.05) is 6.42 Å². The molecule has 0 saturated heterocycles. The van der Waals surface area contributed by atoms with Gasteiger partial charge in [0.1, 0.15) is 22.8 Å². The second-order valence-electron chi connectivity index (χ2n) is 12.1. The highest BCUT2D eigenvalue weighted by atomic mass is 16.3. The lowest BCUT2D eigenvalue weighted by Crippen LogP contribution is -2.63. The molecule has 0 unspecified atom stereocenters. The first-order chi connectivity index (χ1) is 18.7. The van der Waals surface area contributed by atoms with Gasteiger partial charge in [-0.25, -0.2) is 0 Å². The highest BCUT2D eigenvalue weighted by molar-refractivity contribution is 6.24. The Labute approximate surface area is 233 Å². The zero-order chi connectivity index (χ0) is 29.4. The fourth-order valence-corrected chi connectivity index (χ4v) is 7.28. The number of aliphatic hydroxyl groups excluding tert-OH is 2. The summed E-state index contributed by atoms with van der Waals surface area (Å²) in [5, 5.41) is 45.3. The number of aromatic hydroxyl groups is 1. The zero-order valence-corrected chi connectivity index (χ0v) is 23.6. The number of rotatable bonds is 6. The molecule has 4 aliphatic carbocycles. The quantitative estimate of drug-likeness (QED) is 0.322. The number of ketones is 2. The first kappa shape index (κ1) is 28.1. The molecule has 1 saturated carbocycles. The van der Waals surface area contributed by atoms with Gasteiger partial charge in [-0.3, -0.25) is 24.2 Å². The van der Waals surface area contributed by atoms with Gasteiger partial charge in [-0.05, 0) is 69.9 Å². The van der Waals surface area contributed by atoms with Crippen LogP contribution >= 0.6 is 0 Å². The summed E-state index contributed by atoms with van der Waals surface area (Å²) in [7, 11) is 9.03. The molecule has 6 N–H and O–H groups in total. The minimum atomic E-state index is -2.64. The Bertz CT molecular complexity index is 1380. The third-order valence-corrected chi connectivity index (χ3v) is 9.34. The predicted octanol–water partition coefficient (Wildman–Crippen LogP) is 1.17. The van der Waals surface area contributed by atoms with E-state index in [2.05, 4.69) is 4.90 Å². The van der Waals surface area contributed by atoms with Crippen LogP contribution in [0.5, 0.6) is 5.75 Å². The molecule has 4 aliphatic rings. The van der Waals surface area contributed by atoms with Gasteiger partial charge >= 0.3 is 0 Å². The summed E-state index contributed by atoms with van der Waals surface area (Å²) in [5.74, 6) is -6.48. The van der Waals surface area contributed by atoms with Crippen LogP contribution in [-0.2, 0) is 22.6 Å². The fraction of sp³-hybridized carbons (Fsp3) is 0.552. The van der Waals surface area contributed by atoms with E-state index in [4.69, 9.17) is 5.73 Å². The first-order valence-electron chi connectivity index (χ1n) is 13.6. The van der Waals surface area contributed by atoms with Crippen molar-refractivity contribution < 1.29 is 34.8 Å². The lowest BCUT2D eigenvalue weighted by molar-refractivity contribution is -0.148. The van der Waals surface area contributed by atoms with Crippen LogP contribution in [0.4, 0.5) is 5.69 Å². The number of likely N-dealkylation sites (N-methyl/N-ethyl adjacent to an activating group) is 1. The molecule has 0 aromatic heterocycles. The fourth-order valence-electron chi connectivity index (χ4n) is 7.28. The molecule has 1 fully saturated rings. The number of nitrogens with two attached hydrogens (primary N) is 1. The van der Waals surface area contributed by atoms with E-state index >= 15 is 0 Å². The molecule has 0 heterocycles. The number of fused-ring (bicyclic) bond motifs is 3. The molecule has 1 aromatic rings. The zero-order valence-electron chi connectivity index (χ0n) is 23.6. The van der Waals surface area contributed by atoms with Crippen LogP contribution < -0.4 is 10.6 Å². The van der Waals surface area contributed by atoms with Crippen LogP contribution in [0.3, 0.4) is 0 Å². The molecular formula is C29H38N4O7. The maximum atomic E-state index is 14.0. The van der Waals surface area contributed by atoms with Gasteiger partial charge in [0.25, 0.3) is 5.91 Å². The van der Waals surface area contributed by atoms with E-state index < -0.39 is 58.0 Å². The van der Waals surface area contributed by atoms with Crippen LogP contribution in [0.1, 0.15) is 47.2 Å². The van der Waals surface area contributed by atoms with Crippen molar-refractivity contribution in [2.24, 2.45) is 17.6 Å². The number of primary amides is 1. The number of carbonyl (C=O) groups excluding carboxylic acids is 3. The number of carbonyl (C=O) groups is 3. The Morgan fingerprint density at radius 1 is 1.10 bits per heavy atom. The van der Waals surface area contributed by atoms with E-state index in [1.54, 1.807) is 25.1 Å². The van der Waals surface area contributed by atoms with Crippen molar-refractivity contribution >= 4 is 23.2 Å². The number of anilines is 1. The third-order valence-electron chi connectivity index (χ3n) is 9.34. The van der Waals surface area contributed by atoms with Gasteiger partial charge in [0.2, 0.25) is 5.78 Å². The Kier molecular flexibility index (Phi) is 6.75. The van der Waals surface area contributed by atoms with Crippen molar-refractivity contribution in [2.75, 3.05) is 40.1 Å². The number of benzene rings is 1. The van der Waals surface area contributed by atoms with E-state index in [0.717, 1.165) is 24.1 Å². The molecule has 0 radical (unpaired) electrons. The second kappa shape index (κ2) is 9.60. The molecular weight excluding hydrogens is 516 g/mol. The topological polar surface area (TPSA) is 168 Å². The number of Topliss-reactive ketones (excluding diaryl/α,β-unsaturated/α-hetero) is 2. The van der Waals surface area contributed by atoms with Crippen molar-refractivity contribution in [2.45, 2.75) is 56.3 Å². The Morgan fingerprint density at radius 3 is 2.27 bits per heavy atom. The highest BCUT2D eigenvalue weighted by Crippen LogP contribution is 2.53. The van der Waals surface area contributed by atoms with Crippen molar-refractivity contribution in [3.63, 3.8) is 0 Å². The Morgan fingerprint density at radius 2 is 1.75 bits per heavy atom. The van der Waals surface area contributed by atoms with Crippen LogP contribution in [0.2, 0.25) is 0 Å². The summed E-state index contributed by atoms with van der Waals surface area (Å²) in [6.45, 7) is 0.583. The molecule has 1 aromatic carbocycles. The van der Waals surface area contributed by atoms with E-state index in [-0.39, 0.29) is 29.7 Å². The minimum absolute atomic E-state index is 0.0273. The highest BCUT2D eigenvalue weighted by Gasteiger charge is 2.63. The average Bonchev–Trinajstić information content (AvgIpc) is 2.79. The monoisotopic (exact) mass is 554 g/mol. The number of hydrogen-bond donors (Lipinski definition) is 5. The number of nitrogens with zero attached hydrogens (tertiary/aromatic N) is 3. The summed E-state index contributed by atoms with van der Waals surface area (Å²) in [6, 6.07) is 1.03. The molecule has 0 bridgehead atoms. The predicted molar refractivity (Wildman–Crippen MR) is 147 cm³/mol. The summed E-state index contributed by atoms with van der Waals surface area (Å²) >= 11 is 0. The molecule has 40 heavy (non-hydrogen) atoms. The van der Waals surface area contributed by atoms with Gasteiger partial charge in [-0.2, -0.15) is 0 Å². The number of phenolic OH excluding ortho intramolecular Hbond substituents is 1. The Balaban J connectivity index is 1.67. The van der Waals surface area contributed by atoms with Crippen molar-refractivity contribution in [3.05, 3.63) is 45.4 Å². The Hall–Kier alpha value is -3.41. The number of aliphatic hydroxyl groups is 3. The molecule has 11 heteroatoms. The van der Waals surface area contributed by atoms with E-state index in [9.17, 15) is 34.8 Å². The second-order valence-corrected chi connectivity index (χ2v) is 12.1. The van der Waals surface area contributed by atoms with Crippen LogP contribution in [0.15, 0.2) is 28.7 Å². The van der Waals surface area contributed by atoms with Crippen LogP contribution in [-0.4, -0.2) is 101 Å². The normalized spacial score (nSPS) is 28.4. The maximum absolute atomic E-state index is 14.0. The minimum Gasteiger partial charge on any atom is -0.510 e. The van der Waals surface area contributed by atoms with Gasteiger partial charge < -0.3 is 31.1 Å². The molecule has 5 rings (SSSR count). The standard InChI is InChI=1S/C29H38N4O7/c1-31(2)22-14(12-33(5)15-7-6-8-15)11-18(34)20-16(22)9-13-10-17-23(32(3)4)25(36)21(28(30)39)27(38)29(17,40)26(37)19(13)24(20)35/h11,13,15,17,23,34,36-37,40H,6-10,12H2,1-5H3,(H2,30,39)/t13-,17-,23-,29-/m0/s1. The van der Waals surface area contributed by atoms with Gasteiger partial charge in [0, 0.05) is 43.9 Å². The maximum Gasteiger partial charge on any atom is 0.255 e. The first-order valence-corrected chi connectivity index (χ1v) is 13.6. The molecule has 216 valence electrons. The molecule has 1 amide bonds. The largest absolute Gasteiger partial charge is 0.510 e. The average molecular weight is 555 g/mol. The number of phenols is 1. The van der Waals surface area contributed by atoms with E-state index in [1.165, 1.54) is 6.42 Å². The number of hydrogen-bond acceptors (Lipinski definition) is 10. The van der Waals surface area contributed by atoms with E-state index in [0.29, 0.717) is 18.2 Å². The summed E-state index contributed by atoms with van der Waals surface area (Å²) in [5.41, 5.74) is 4.13. The summed E-state index contributed by atoms with van der Waals surface area (Å²) < 4.78 is 0. The summed E-state index contributed by atoms with van der Waals surface area (Å²) in [6.07, 6.45) is 3.75. The van der Waals surface area contributed by atoms with Crippen LogP contribution in [0.25, 0.3) is 0 Å². The van der Waals surface area contributed by atoms with Gasteiger partial charge in [0.15, 0.2) is 11.4 Å². The molecule has 0 aliphatic heterocycles. The SMILES string of the molecule is CN(C)c1c(CN(C)C2CCC2)cc(O)c2c1C[C@H]1C[C@H]3[C@H](N(C)C)C(O)=C(C(N)=O)C(=O)[C@@]3(O)C(O)=C1C2=O. The number of amides is 1. The van der Waals surface area contributed by atoms with Crippen molar-refractivity contribution in [1.82, 2.24) is 9.80 Å². The number of allylic oxidation sites excluding steroid dienone is 1.